The standard InChI is InChI=1S/C15H22ClNO/c1-3-8-17-11-15(6-7-15)10-12-9-13(16)4-5-14(12)18-2/h4-5,9,17H,3,6-8,10-11H2,1-2H3. The molecule has 100 valence electrons. The van der Waals surface area contributed by atoms with Gasteiger partial charge in [-0.3, -0.25) is 0 Å². The van der Waals surface area contributed by atoms with E-state index in [2.05, 4.69) is 12.2 Å². The Hall–Kier alpha value is -0.730. The summed E-state index contributed by atoms with van der Waals surface area (Å²) in [7, 11) is 1.72. The van der Waals surface area contributed by atoms with Crippen molar-refractivity contribution in [1.29, 1.82) is 0 Å². The lowest BCUT2D eigenvalue weighted by Crippen LogP contribution is -2.26. The Balaban J connectivity index is 2.02. The number of ether oxygens (including phenoxy) is 1. The van der Waals surface area contributed by atoms with Crippen molar-refractivity contribution in [1.82, 2.24) is 5.32 Å². The van der Waals surface area contributed by atoms with E-state index in [1.54, 1.807) is 7.11 Å². The highest BCUT2D eigenvalue weighted by Gasteiger charge is 2.42. The molecule has 1 aliphatic carbocycles. The molecule has 1 N–H and O–H groups in total. The molecule has 1 fully saturated rings. The van der Waals surface area contributed by atoms with Crippen molar-refractivity contribution in [3.63, 3.8) is 0 Å². The maximum absolute atomic E-state index is 6.08. The lowest BCUT2D eigenvalue weighted by atomic mass is 9.95. The molecule has 0 aliphatic heterocycles. The maximum Gasteiger partial charge on any atom is 0.122 e. The Morgan fingerprint density at radius 1 is 1.39 bits per heavy atom. The van der Waals surface area contributed by atoms with Crippen LogP contribution < -0.4 is 10.1 Å². The predicted octanol–water partition coefficient (Wildman–Crippen LogP) is 3.67. The van der Waals surface area contributed by atoms with E-state index in [1.807, 2.05) is 18.2 Å². The van der Waals surface area contributed by atoms with E-state index in [0.29, 0.717) is 5.41 Å². The van der Waals surface area contributed by atoms with Gasteiger partial charge < -0.3 is 10.1 Å². The minimum Gasteiger partial charge on any atom is -0.496 e. The topological polar surface area (TPSA) is 21.3 Å². The normalized spacial score (nSPS) is 16.6. The molecule has 3 heteroatoms. The van der Waals surface area contributed by atoms with Crippen molar-refractivity contribution in [2.45, 2.75) is 32.6 Å². The van der Waals surface area contributed by atoms with Crippen LogP contribution in [0.5, 0.6) is 5.75 Å². The number of rotatable bonds is 7. The molecule has 0 saturated heterocycles. The summed E-state index contributed by atoms with van der Waals surface area (Å²) >= 11 is 6.08. The van der Waals surface area contributed by atoms with E-state index in [1.165, 1.54) is 24.8 Å². The first kappa shape index (κ1) is 13.7. The van der Waals surface area contributed by atoms with Gasteiger partial charge >= 0.3 is 0 Å². The summed E-state index contributed by atoms with van der Waals surface area (Å²) in [6, 6.07) is 5.90. The van der Waals surface area contributed by atoms with Crippen LogP contribution in [0.3, 0.4) is 0 Å². The van der Waals surface area contributed by atoms with Gasteiger partial charge in [-0.15, -0.1) is 0 Å². The summed E-state index contributed by atoms with van der Waals surface area (Å²) in [5, 5.41) is 4.33. The average Bonchev–Trinajstić information content (AvgIpc) is 3.10. The molecule has 1 saturated carbocycles. The molecule has 18 heavy (non-hydrogen) atoms. The van der Waals surface area contributed by atoms with Crippen molar-refractivity contribution in [2.75, 3.05) is 20.2 Å². The molecule has 0 atom stereocenters. The second-order valence-electron chi connectivity index (χ2n) is 5.31. The number of nitrogens with one attached hydrogen (secondary N) is 1. The third-order valence-corrected chi connectivity index (χ3v) is 3.93. The minimum atomic E-state index is 0.438. The van der Waals surface area contributed by atoms with Crippen LogP contribution in [-0.2, 0) is 6.42 Å². The maximum atomic E-state index is 6.08. The van der Waals surface area contributed by atoms with Crippen molar-refractivity contribution < 1.29 is 4.74 Å². The summed E-state index contributed by atoms with van der Waals surface area (Å²) in [5.74, 6) is 0.959. The molecule has 0 spiro atoms. The van der Waals surface area contributed by atoms with Gasteiger partial charge in [0.05, 0.1) is 7.11 Å². The average molecular weight is 268 g/mol. The Morgan fingerprint density at radius 3 is 2.78 bits per heavy atom. The molecule has 0 amide bonds. The van der Waals surface area contributed by atoms with Crippen LogP contribution in [0, 0.1) is 5.41 Å². The van der Waals surface area contributed by atoms with Crippen LogP contribution in [0.2, 0.25) is 5.02 Å². The number of halogens is 1. The zero-order chi connectivity index (χ0) is 13.0. The van der Waals surface area contributed by atoms with E-state index in [4.69, 9.17) is 16.3 Å². The van der Waals surface area contributed by atoms with Gasteiger partial charge in [0.15, 0.2) is 0 Å². The molecule has 1 aromatic rings. The predicted molar refractivity (Wildman–Crippen MR) is 76.5 cm³/mol. The van der Waals surface area contributed by atoms with Gasteiger partial charge in [0.2, 0.25) is 0 Å². The first-order valence-electron chi connectivity index (χ1n) is 6.72. The zero-order valence-electron chi connectivity index (χ0n) is 11.3. The minimum absolute atomic E-state index is 0.438. The highest BCUT2D eigenvalue weighted by atomic mass is 35.5. The van der Waals surface area contributed by atoms with Gasteiger partial charge in [-0.25, -0.2) is 0 Å². The van der Waals surface area contributed by atoms with Crippen LogP contribution >= 0.6 is 11.6 Å². The van der Waals surface area contributed by atoms with Crippen molar-refractivity contribution >= 4 is 11.6 Å². The fourth-order valence-electron chi connectivity index (χ4n) is 2.41. The van der Waals surface area contributed by atoms with E-state index in [9.17, 15) is 0 Å². The number of benzene rings is 1. The first-order valence-corrected chi connectivity index (χ1v) is 7.10. The van der Waals surface area contributed by atoms with E-state index in [-0.39, 0.29) is 0 Å². The lowest BCUT2D eigenvalue weighted by Gasteiger charge is -2.18. The van der Waals surface area contributed by atoms with Crippen LogP contribution in [-0.4, -0.2) is 20.2 Å². The van der Waals surface area contributed by atoms with Crippen molar-refractivity contribution in [3.05, 3.63) is 28.8 Å². The molecule has 0 heterocycles. The molecule has 0 aromatic heterocycles. The molecule has 0 unspecified atom stereocenters. The zero-order valence-corrected chi connectivity index (χ0v) is 12.0. The third kappa shape index (κ3) is 3.39. The van der Waals surface area contributed by atoms with Gasteiger partial charge in [-0.05, 0) is 61.4 Å². The molecule has 2 nitrogen and oxygen atoms in total. The van der Waals surface area contributed by atoms with Gasteiger partial charge in [0.25, 0.3) is 0 Å². The van der Waals surface area contributed by atoms with E-state index in [0.717, 1.165) is 30.3 Å². The molecule has 0 bridgehead atoms. The van der Waals surface area contributed by atoms with Crippen LogP contribution in [0.4, 0.5) is 0 Å². The van der Waals surface area contributed by atoms with E-state index < -0.39 is 0 Å². The van der Waals surface area contributed by atoms with E-state index >= 15 is 0 Å². The Morgan fingerprint density at radius 2 is 2.17 bits per heavy atom. The Labute approximate surface area is 115 Å². The van der Waals surface area contributed by atoms with Gasteiger partial charge in [0, 0.05) is 11.6 Å². The quantitative estimate of drug-likeness (QED) is 0.761. The van der Waals surface area contributed by atoms with Crippen LogP contribution in [0.25, 0.3) is 0 Å². The van der Waals surface area contributed by atoms with Gasteiger partial charge in [-0.1, -0.05) is 18.5 Å². The SMILES string of the molecule is CCCNCC1(Cc2cc(Cl)ccc2OC)CC1. The van der Waals surface area contributed by atoms with Gasteiger partial charge in [-0.2, -0.15) is 0 Å². The summed E-state index contributed by atoms with van der Waals surface area (Å²) in [4.78, 5) is 0. The smallest absolute Gasteiger partial charge is 0.122 e. The largest absolute Gasteiger partial charge is 0.496 e. The first-order chi connectivity index (χ1) is 8.69. The molecule has 1 aliphatic rings. The van der Waals surface area contributed by atoms with Crippen LogP contribution in [0.15, 0.2) is 18.2 Å². The number of hydrogen-bond acceptors (Lipinski definition) is 2. The highest BCUT2D eigenvalue weighted by Crippen LogP contribution is 2.49. The fraction of sp³-hybridized carbons (Fsp3) is 0.600. The van der Waals surface area contributed by atoms with Gasteiger partial charge in [0.1, 0.15) is 5.75 Å². The van der Waals surface area contributed by atoms with Crippen LogP contribution in [0.1, 0.15) is 31.7 Å². The Bertz CT molecular complexity index is 401. The second-order valence-corrected chi connectivity index (χ2v) is 5.75. The number of hydrogen-bond donors (Lipinski definition) is 1. The molecule has 2 rings (SSSR count). The second kappa shape index (κ2) is 5.94. The molecular weight excluding hydrogens is 246 g/mol. The monoisotopic (exact) mass is 267 g/mol. The van der Waals surface area contributed by atoms with Crippen molar-refractivity contribution in [2.24, 2.45) is 5.41 Å². The number of methoxy groups -OCH3 is 1. The highest BCUT2D eigenvalue weighted by molar-refractivity contribution is 6.30. The summed E-state index contributed by atoms with van der Waals surface area (Å²) in [6.07, 6.45) is 4.86. The molecule has 1 aromatic carbocycles. The summed E-state index contributed by atoms with van der Waals surface area (Å²) in [6.45, 7) is 4.41. The van der Waals surface area contributed by atoms with Crippen molar-refractivity contribution in [3.8, 4) is 5.75 Å². The summed E-state index contributed by atoms with van der Waals surface area (Å²) in [5.41, 5.74) is 1.67. The third-order valence-electron chi connectivity index (χ3n) is 3.69. The lowest BCUT2D eigenvalue weighted by molar-refractivity contribution is 0.396. The molecular formula is C15H22ClNO. The fourth-order valence-corrected chi connectivity index (χ4v) is 2.61. The summed E-state index contributed by atoms with van der Waals surface area (Å²) < 4.78 is 5.42. The Kier molecular flexibility index (Phi) is 4.52. The molecule has 0 radical (unpaired) electrons.